The average molecular weight is 344 g/mol. The van der Waals surface area contributed by atoms with Crippen molar-refractivity contribution < 1.29 is 4.79 Å². The summed E-state index contributed by atoms with van der Waals surface area (Å²) in [5.74, 6) is -0.194. The van der Waals surface area contributed by atoms with Crippen LogP contribution in [-0.2, 0) is 27.2 Å². The minimum Gasteiger partial charge on any atom is -0.315 e. The van der Waals surface area contributed by atoms with Gasteiger partial charge in [0.25, 0.3) is 11.5 Å². The Kier molecular flexibility index (Phi) is 4.17. The molecule has 0 unspecified atom stereocenters. The van der Waals surface area contributed by atoms with Crippen LogP contribution in [0.4, 0.5) is 0 Å². The lowest BCUT2D eigenvalue weighted by atomic mass is 10.3. The van der Waals surface area contributed by atoms with E-state index in [0.717, 1.165) is 16.7 Å². The molecule has 0 aliphatic heterocycles. The van der Waals surface area contributed by atoms with Gasteiger partial charge in [-0.05, 0) is 25.7 Å². The van der Waals surface area contributed by atoms with Crippen LogP contribution in [0.3, 0.4) is 0 Å². The van der Waals surface area contributed by atoms with Crippen LogP contribution in [0, 0.1) is 0 Å². The Morgan fingerprint density at radius 1 is 1.20 bits per heavy atom. The zero-order valence-electron chi connectivity index (χ0n) is 14.6. The fourth-order valence-corrected chi connectivity index (χ4v) is 2.80. The van der Waals surface area contributed by atoms with E-state index in [0.29, 0.717) is 0 Å². The van der Waals surface area contributed by atoms with Crippen molar-refractivity contribution in [1.29, 1.82) is 0 Å². The van der Waals surface area contributed by atoms with Crippen LogP contribution >= 0.6 is 0 Å². The summed E-state index contributed by atoms with van der Waals surface area (Å²) in [7, 11) is 6.86. The summed E-state index contributed by atoms with van der Waals surface area (Å²) in [6.07, 6.45) is 4.89. The number of nitrogens with zero attached hydrogens (tertiary/aromatic N) is 6. The van der Waals surface area contributed by atoms with E-state index in [9.17, 15) is 14.4 Å². The third kappa shape index (κ3) is 2.93. The molecule has 3 aromatic heterocycles. The van der Waals surface area contributed by atoms with Crippen LogP contribution in [0.1, 0.15) is 10.4 Å². The predicted molar refractivity (Wildman–Crippen MR) is 92.7 cm³/mol. The van der Waals surface area contributed by atoms with Gasteiger partial charge in [0, 0.05) is 33.0 Å². The molecule has 3 rings (SSSR count). The fourth-order valence-electron chi connectivity index (χ4n) is 2.80. The van der Waals surface area contributed by atoms with Crippen LogP contribution in [-0.4, -0.2) is 48.2 Å². The Balaban J connectivity index is 1.96. The zero-order chi connectivity index (χ0) is 18.3. The maximum absolute atomic E-state index is 12.5. The molecule has 0 saturated carbocycles. The third-order valence-electron chi connectivity index (χ3n) is 4.06. The summed E-state index contributed by atoms with van der Waals surface area (Å²) in [6.45, 7) is 0.691. The summed E-state index contributed by atoms with van der Waals surface area (Å²) in [5, 5.41) is 0. The molecule has 0 bridgehead atoms. The molecule has 0 spiro atoms. The highest BCUT2D eigenvalue weighted by molar-refractivity contribution is 5.81. The second-order valence-electron chi connectivity index (χ2n) is 6.31. The molecule has 0 fully saturated rings. The van der Waals surface area contributed by atoms with Gasteiger partial charge in [0.2, 0.25) is 0 Å². The van der Waals surface area contributed by atoms with Crippen LogP contribution in [0.5, 0.6) is 0 Å². The number of hydrogen-bond acceptors (Lipinski definition) is 5. The first kappa shape index (κ1) is 16.9. The number of carbonyl (C=O) groups is 1. The van der Waals surface area contributed by atoms with Crippen LogP contribution in [0.15, 0.2) is 34.4 Å². The van der Waals surface area contributed by atoms with Gasteiger partial charge in [-0.3, -0.25) is 23.3 Å². The second-order valence-corrected chi connectivity index (χ2v) is 6.31. The molecular weight excluding hydrogens is 324 g/mol. The van der Waals surface area contributed by atoms with E-state index in [1.165, 1.54) is 27.1 Å². The van der Waals surface area contributed by atoms with Gasteiger partial charge >= 0.3 is 5.69 Å². The second kappa shape index (κ2) is 6.17. The van der Waals surface area contributed by atoms with E-state index in [2.05, 4.69) is 4.98 Å². The van der Waals surface area contributed by atoms with E-state index in [4.69, 9.17) is 0 Å². The molecule has 0 N–H and O–H groups in total. The molecule has 132 valence electrons. The maximum Gasteiger partial charge on any atom is 0.332 e. The molecule has 0 aliphatic rings. The van der Waals surface area contributed by atoms with Crippen molar-refractivity contribution in [3.63, 3.8) is 0 Å². The lowest BCUT2D eigenvalue weighted by Crippen LogP contribution is -2.37. The SMILES string of the molecule is CN(C)Cc1ccn(C(=O)Cn2cnc3c2c(=O)n(C)c(=O)n3C)c1. The van der Waals surface area contributed by atoms with Crippen molar-refractivity contribution in [1.82, 2.24) is 28.2 Å². The molecule has 0 aromatic carbocycles. The largest absolute Gasteiger partial charge is 0.332 e. The third-order valence-corrected chi connectivity index (χ3v) is 4.06. The topological polar surface area (TPSA) is 87.1 Å². The van der Waals surface area contributed by atoms with Gasteiger partial charge in [0.1, 0.15) is 6.54 Å². The molecule has 0 radical (unpaired) electrons. The van der Waals surface area contributed by atoms with Gasteiger partial charge in [-0.2, -0.15) is 0 Å². The molecule has 0 saturated heterocycles. The number of rotatable bonds is 4. The monoisotopic (exact) mass is 344 g/mol. The van der Waals surface area contributed by atoms with Crippen molar-refractivity contribution in [2.45, 2.75) is 13.1 Å². The lowest BCUT2D eigenvalue weighted by molar-refractivity contribution is 0.0892. The van der Waals surface area contributed by atoms with Gasteiger partial charge in [0.15, 0.2) is 11.2 Å². The summed E-state index contributed by atoms with van der Waals surface area (Å²) >= 11 is 0. The molecule has 9 heteroatoms. The molecule has 9 nitrogen and oxygen atoms in total. The van der Waals surface area contributed by atoms with Crippen LogP contribution < -0.4 is 11.2 Å². The van der Waals surface area contributed by atoms with Gasteiger partial charge in [-0.25, -0.2) is 9.78 Å². The predicted octanol–water partition coefficient (Wildman–Crippen LogP) is -0.363. The Morgan fingerprint density at radius 3 is 2.60 bits per heavy atom. The van der Waals surface area contributed by atoms with Crippen molar-refractivity contribution in [2.75, 3.05) is 14.1 Å². The minimum atomic E-state index is -0.468. The first-order valence-corrected chi connectivity index (χ1v) is 7.75. The van der Waals surface area contributed by atoms with E-state index < -0.39 is 11.2 Å². The average Bonchev–Trinajstić information content (AvgIpc) is 3.17. The molecule has 25 heavy (non-hydrogen) atoms. The normalized spacial score (nSPS) is 11.6. The zero-order valence-corrected chi connectivity index (χ0v) is 14.6. The van der Waals surface area contributed by atoms with Gasteiger partial charge in [-0.1, -0.05) is 0 Å². The summed E-state index contributed by atoms with van der Waals surface area (Å²) < 4.78 is 5.28. The van der Waals surface area contributed by atoms with Gasteiger partial charge in [0.05, 0.1) is 6.33 Å². The summed E-state index contributed by atoms with van der Waals surface area (Å²) in [5.41, 5.74) is 0.601. The summed E-state index contributed by atoms with van der Waals surface area (Å²) in [6, 6.07) is 1.88. The Morgan fingerprint density at radius 2 is 1.92 bits per heavy atom. The quantitative estimate of drug-likeness (QED) is 0.645. The van der Waals surface area contributed by atoms with E-state index in [1.54, 1.807) is 19.4 Å². The molecule has 0 atom stereocenters. The van der Waals surface area contributed by atoms with E-state index in [-0.39, 0.29) is 23.6 Å². The smallest absolute Gasteiger partial charge is 0.315 e. The number of carbonyl (C=O) groups excluding carboxylic acids is 1. The van der Waals surface area contributed by atoms with Crippen LogP contribution in [0.25, 0.3) is 11.2 Å². The van der Waals surface area contributed by atoms with Crippen LogP contribution in [0.2, 0.25) is 0 Å². The van der Waals surface area contributed by atoms with Gasteiger partial charge in [-0.15, -0.1) is 0 Å². The van der Waals surface area contributed by atoms with Gasteiger partial charge < -0.3 is 9.47 Å². The van der Waals surface area contributed by atoms with Crippen molar-refractivity contribution in [3.05, 3.63) is 51.2 Å². The molecule has 0 aliphatic carbocycles. The molecule has 3 heterocycles. The minimum absolute atomic E-state index is 0.0416. The molecule has 3 aromatic rings. The first-order chi connectivity index (χ1) is 11.8. The highest BCUT2D eigenvalue weighted by Gasteiger charge is 2.16. The molecule has 0 amide bonds. The number of aryl methyl sites for hydroxylation is 1. The standard InChI is InChI=1S/C16H20N6O3/c1-18(2)7-11-5-6-21(8-11)12(23)9-22-10-17-14-13(22)15(24)20(4)16(25)19(14)3/h5-6,8,10H,7,9H2,1-4H3. The van der Waals surface area contributed by atoms with E-state index in [1.807, 2.05) is 25.1 Å². The maximum atomic E-state index is 12.5. The lowest BCUT2D eigenvalue weighted by Gasteiger charge is -2.08. The fraction of sp³-hybridized carbons (Fsp3) is 0.375. The Hall–Kier alpha value is -2.94. The number of hydrogen-bond donors (Lipinski definition) is 0. The molecular formula is C16H20N6O3. The van der Waals surface area contributed by atoms with Crippen molar-refractivity contribution in [2.24, 2.45) is 14.1 Å². The Labute approximate surface area is 143 Å². The number of fused-ring (bicyclic) bond motifs is 1. The van der Waals surface area contributed by atoms with E-state index >= 15 is 0 Å². The summed E-state index contributed by atoms with van der Waals surface area (Å²) in [4.78, 5) is 43.0. The number of imidazole rings is 1. The highest BCUT2D eigenvalue weighted by atomic mass is 16.2. The Bertz CT molecular complexity index is 1070. The highest BCUT2D eigenvalue weighted by Crippen LogP contribution is 2.08. The number of aromatic nitrogens is 5. The van der Waals surface area contributed by atoms with Crippen molar-refractivity contribution in [3.8, 4) is 0 Å². The van der Waals surface area contributed by atoms with Crippen molar-refractivity contribution >= 4 is 17.1 Å². The first-order valence-electron chi connectivity index (χ1n) is 7.75.